The first kappa shape index (κ1) is 29.6. The molecule has 2 aliphatic rings. The van der Waals surface area contributed by atoms with Crippen LogP contribution >= 0.6 is 24.8 Å². The fraction of sp³-hybridized carbons (Fsp3) is 0.900. The highest BCUT2D eigenvalue weighted by atomic mass is 35.5. The summed E-state index contributed by atoms with van der Waals surface area (Å²) >= 11 is 0. The van der Waals surface area contributed by atoms with Crippen molar-refractivity contribution in [1.82, 2.24) is 0 Å². The third kappa shape index (κ3) is 9.77. The molecule has 0 aliphatic heterocycles. The van der Waals surface area contributed by atoms with Crippen LogP contribution in [0.3, 0.4) is 0 Å². The van der Waals surface area contributed by atoms with Crippen molar-refractivity contribution in [3.8, 4) is 0 Å². The first-order valence-electron chi connectivity index (χ1n) is 10.1. The number of halogens is 2. The van der Waals surface area contributed by atoms with E-state index >= 15 is 0 Å². The smallest absolute Gasteiger partial charge is 0.309 e. The molecule has 2 fully saturated rings. The van der Waals surface area contributed by atoms with Gasteiger partial charge >= 0.3 is 11.9 Å². The zero-order valence-electron chi connectivity index (χ0n) is 17.7. The van der Waals surface area contributed by atoms with Crippen LogP contribution in [0.2, 0.25) is 0 Å². The standard InChI is InChI=1S/2C10H19NO2.2ClH/c2*1-3-13-10(12)9-5-4-8(11)6-7(9)2;;/h2*7-9H,3-6,11H2,1-2H3;2*1H/t2*7-,8-,9+;;/m10../s1. The number of nitrogens with two attached hydrogens (primary N) is 2. The average molecular weight is 443 g/mol. The van der Waals surface area contributed by atoms with Crippen LogP contribution in [0.25, 0.3) is 0 Å². The van der Waals surface area contributed by atoms with Gasteiger partial charge in [0.25, 0.3) is 0 Å². The number of rotatable bonds is 4. The molecule has 2 saturated carbocycles. The molecule has 0 amide bonds. The molecule has 168 valence electrons. The highest BCUT2D eigenvalue weighted by Gasteiger charge is 2.32. The average Bonchev–Trinajstić information content (AvgIpc) is 2.55. The minimum absolute atomic E-state index is 0. The van der Waals surface area contributed by atoms with E-state index in [0.29, 0.717) is 25.0 Å². The van der Waals surface area contributed by atoms with Crippen LogP contribution < -0.4 is 11.5 Å². The van der Waals surface area contributed by atoms with Crippen LogP contribution in [-0.4, -0.2) is 37.2 Å². The Kier molecular flexibility index (Phi) is 16.2. The summed E-state index contributed by atoms with van der Waals surface area (Å²) in [7, 11) is 0. The number of carbonyl (C=O) groups excluding carboxylic acids is 2. The maximum Gasteiger partial charge on any atom is 0.309 e. The van der Waals surface area contributed by atoms with E-state index in [0.717, 1.165) is 38.5 Å². The van der Waals surface area contributed by atoms with Crippen LogP contribution in [0.4, 0.5) is 0 Å². The zero-order chi connectivity index (χ0) is 19.7. The van der Waals surface area contributed by atoms with Gasteiger partial charge in [-0.3, -0.25) is 9.59 Å². The summed E-state index contributed by atoms with van der Waals surface area (Å²) in [6, 6.07) is 0.557. The lowest BCUT2D eigenvalue weighted by atomic mass is 9.78. The Morgan fingerprint density at radius 3 is 1.32 bits per heavy atom. The molecule has 0 spiro atoms. The predicted molar refractivity (Wildman–Crippen MR) is 117 cm³/mol. The van der Waals surface area contributed by atoms with Gasteiger partial charge in [0, 0.05) is 12.1 Å². The zero-order valence-corrected chi connectivity index (χ0v) is 19.4. The van der Waals surface area contributed by atoms with Gasteiger partial charge in [-0.1, -0.05) is 13.8 Å². The van der Waals surface area contributed by atoms with E-state index < -0.39 is 0 Å². The summed E-state index contributed by atoms with van der Waals surface area (Å²) in [5.74, 6) is 0.842. The van der Waals surface area contributed by atoms with Crippen molar-refractivity contribution in [2.75, 3.05) is 13.2 Å². The molecule has 0 radical (unpaired) electrons. The third-order valence-electron chi connectivity index (χ3n) is 5.60. The lowest BCUT2D eigenvalue weighted by molar-refractivity contribution is -0.152. The van der Waals surface area contributed by atoms with Gasteiger partial charge in [-0.15, -0.1) is 24.8 Å². The number of carbonyl (C=O) groups is 2. The summed E-state index contributed by atoms with van der Waals surface area (Å²) in [5.41, 5.74) is 11.6. The van der Waals surface area contributed by atoms with Gasteiger partial charge < -0.3 is 20.9 Å². The molecule has 6 atom stereocenters. The van der Waals surface area contributed by atoms with Gasteiger partial charge in [-0.2, -0.15) is 0 Å². The highest BCUT2D eigenvalue weighted by molar-refractivity contribution is 5.85. The van der Waals surface area contributed by atoms with E-state index in [2.05, 4.69) is 13.8 Å². The third-order valence-corrected chi connectivity index (χ3v) is 5.60. The fourth-order valence-corrected chi connectivity index (χ4v) is 4.07. The van der Waals surface area contributed by atoms with Crippen molar-refractivity contribution in [2.45, 2.75) is 78.3 Å². The lowest BCUT2D eigenvalue weighted by Gasteiger charge is -2.30. The van der Waals surface area contributed by atoms with Crippen molar-refractivity contribution in [2.24, 2.45) is 35.1 Å². The van der Waals surface area contributed by atoms with Crippen molar-refractivity contribution in [1.29, 1.82) is 0 Å². The Morgan fingerprint density at radius 1 is 0.750 bits per heavy atom. The molecule has 0 saturated heterocycles. The molecule has 6 nitrogen and oxygen atoms in total. The van der Waals surface area contributed by atoms with Gasteiger partial charge in [0.2, 0.25) is 0 Å². The Hall–Kier alpha value is -0.560. The predicted octanol–water partition coefficient (Wildman–Crippen LogP) is 3.47. The second-order valence-electron chi connectivity index (χ2n) is 7.82. The topological polar surface area (TPSA) is 105 Å². The van der Waals surface area contributed by atoms with Gasteiger partial charge in [0.05, 0.1) is 25.0 Å². The van der Waals surface area contributed by atoms with Gasteiger partial charge in [0.15, 0.2) is 0 Å². The molecule has 0 aromatic rings. The van der Waals surface area contributed by atoms with E-state index in [4.69, 9.17) is 20.9 Å². The van der Waals surface area contributed by atoms with Crippen molar-refractivity contribution in [3.05, 3.63) is 0 Å². The Bertz CT molecular complexity index is 414. The van der Waals surface area contributed by atoms with E-state index in [1.165, 1.54) is 0 Å². The number of hydrogen-bond acceptors (Lipinski definition) is 6. The molecule has 0 aromatic heterocycles. The monoisotopic (exact) mass is 442 g/mol. The van der Waals surface area contributed by atoms with Gasteiger partial charge in [0.1, 0.15) is 0 Å². The first-order chi connectivity index (χ1) is 12.3. The van der Waals surface area contributed by atoms with Crippen LogP contribution in [0, 0.1) is 23.7 Å². The molecule has 0 aromatic carbocycles. The largest absolute Gasteiger partial charge is 0.466 e. The molecule has 28 heavy (non-hydrogen) atoms. The van der Waals surface area contributed by atoms with Gasteiger partial charge in [-0.05, 0) is 64.2 Å². The minimum Gasteiger partial charge on any atom is -0.466 e. The molecule has 2 aliphatic carbocycles. The molecule has 0 bridgehead atoms. The molecule has 0 unspecified atom stereocenters. The van der Waals surface area contributed by atoms with E-state index in [-0.39, 0.29) is 60.7 Å². The summed E-state index contributed by atoms with van der Waals surface area (Å²) < 4.78 is 10.0. The second-order valence-corrected chi connectivity index (χ2v) is 7.82. The Balaban J connectivity index is 0. The molecular weight excluding hydrogens is 403 g/mol. The first-order valence-corrected chi connectivity index (χ1v) is 10.1. The normalized spacial score (nSPS) is 31.8. The number of hydrogen-bond donors (Lipinski definition) is 2. The van der Waals surface area contributed by atoms with Crippen molar-refractivity contribution >= 4 is 36.8 Å². The number of ether oxygens (including phenoxy) is 2. The maximum absolute atomic E-state index is 11.5. The number of esters is 2. The SMILES string of the molecule is CCOC(=O)[C@@H]1CC[C@H](N)C[C@@H]1C.CCOC(=O)[C@H]1CC[C@@H](N)C[C@H]1C.Cl.Cl. The maximum atomic E-state index is 11.5. The summed E-state index contributed by atoms with van der Waals surface area (Å²) in [5, 5.41) is 0. The Labute approximate surface area is 182 Å². The molecule has 0 heterocycles. The highest BCUT2D eigenvalue weighted by Crippen LogP contribution is 2.30. The quantitative estimate of drug-likeness (QED) is 0.645. The summed E-state index contributed by atoms with van der Waals surface area (Å²) in [4.78, 5) is 22.9. The summed E-state index contributed by atoms with van der Waals surface area (Å²) in [6.45, 7) is 8.82. The lowest BCUT2D eigenvalue weighted by Crippen LogP contribution is -2.36. The van der Waals surface area contributed by atoms with Gasteiger partial charge in [-0.25, -0.2) is 0 Å². The molecule has 2 rings (SSSR count). The second kappa shape index (κ2) is 15.3. The molecule has 4 N–H and O–H groups in total. The van der Waals surface area contributed by atoms with Crippen LogP contribution in [0.1, 0.15) is 66.2 Å². The van der Waals surface area contributed by atoms with Crippen LogP contribution in [0.15, 0.2) is 0 Å². The van der Waals surface area contributed by atoms with Crippen molar-refractivity contribution in [3.63, 3.8) is 0 Å². The Morgan fingerprint density at radius 2 is 1.07 bits per heavy atom. The minimum atomic E-state index is -0.0399. The fourth-order valence-electron chi connectivity index (χ4n) is 4.07. The summed E-state index contributed by atoms with van der Waals surface area (Å²) in [6.07, 6.45) is 5.58. The molecular formula is C20H40Cl2N2O4. The van der Waals surface area contributed by atoms with E-state index in [1.807, 2.05) is 13.8 Å². The van der Waals surface area contributed by atoms with E-state index in [9.17, 15) is 9.59 Å². The van der Waals surface area contributed by atoms with Crippen LogP contribution in [-0.2, 0) is 19.1 Å². The van der Waals surface area contributed by atoms with Crippen molar-refractivity contribution < 1.29 is 19.1 Å². The van der Waals surface area contributed by atoms with E-state index in [1.54, 1.807) is 0 Å². The molecule has 8 heteroatoms. The van der Waals surface area contributed by atoms with Crippen LogP contribution in [0.5, 0.6) is 0 Å².